The van der Waals surface area contributed by atoms with Crippen LogP contribution in [0.15, 0.2) is 42.6 Å². The second-order valence-electron chi connectivity index (χ2n) is 8.00. The fourth-order valence-corrected chi connectivity index (χ4v) is 4.16. The van der Waals surface area contributed by atoms with E-state index >= 15 is 0 Å². The smallest absolute Gasteiger partial charge is 0.280 e. The molecule has 1 aliphatic rings. The van der Waals surface area contributed by atoms with E-state index in [0.717, 1.165) is 54.6 Å². The van der Waals surface area contributed by atoms with E-state index in [1.165, 1.54) is 6.07 Å². The van der Waals surface area contributed by atoms with Gasteiger partial charge in [0.15, 0.2) is 0 Å². The minimum Gasteiger partial charge on any atom is -0.477 e. The Hall–Kier alpha value is -3.46. The number of halogens is 2. The summed E-state index contributed by atoms with van der Waals surface area (Å²) < 4.78 is 34.2. The van der Waals surface area contributed by atoms with Crippen LogP contribution in [0.3, 0.4) is 0 Å². The molecule has 0 aliphatic carbocycles. The molecule has 0 unspecified atom stereocenters. The van der Waals surface area contributed by atoms with Gasteiger partial charge in [-0.25, -0.2) is 23.7 Å². The Balaban J connectivity index is 1.56. The first-order valence-corrected chi connectivity index (χ1v) is 11.1. The van der Waals surface area contributed by atoms with E-state index in [2.05, 4.69) is 15.0 Å². The topological polar surface area (TPSA) is 91.7 Å². The second-order valence-corrected chi connectivity index (χ2v) is 8.00. The average Bonchev–Trinajstić information content (AvgIpc) is 3.43. The quantitative estimate of drug-likeness (QED) is 0.396. The van der Waals surface area contributed by atoms with E-state index in [9.17, 15) is 8.78 Å². The maximum Gasteiger partial charge on any atom is 0.280 e. The molecule has 3 aromatic heterocycles. The van der Waals surface area contributed by atoms with Gasteiger partial charge in [0.05, 0.1) is 29.5 Å². The predicted octanol–water partition coefficient (Wildman–Crippen LogP) is 4.56. The molecule has 0 fully saturated rings. The highest BCUT2D eigenvalue weighted by atomic mass is 19.3. The summed E-state index contributed by atoms with van der Waals surface area (Å²) in [4.78, 5) is 13.3. The molecular formula is C24H24F2N6O. The zero-order chi connectivity index (χ0) is 22.8. The zero-order valence-electron chi connectivity index (χ0n) is 18.0. The maximum atomic E-state index is 13.3. The molecule has 33 heavy (non-hydrogen) atoms. The van der Waals surface area contributed by atoms with Crippen LogP contribution in [-0.2, 0) is 13.0 Å². The number of alkyl halides is 2. The Bertz CT molecular complexity index is 1290. The van der Waals surface area contributed by atoms with Crippen LogP contribution in [0, 0.1) is 0 Å². The van der Waals surface area contributed by atoms with Crippen molar-refractivity contribution in [3.8, 4) is 28.4 Å². The molecule has 7 nitrogen and oxygen atoms in total. The Morgan fingerprint density at radius 3 is 2.85 bits per heavy atom. The molecule has 1 aliphatic heterocycles. The van der Waals surface area contributed by atoms with E-state index in [1.54, 1.807) is 18.3 Å². The number of fused-ring (bicyclic) bond motifs is 2. The van der Waals surface area contributed by atoms with Gasteiger partial charge in [-0.3, -0.25) is 4.68 Å². The lowest BCUT2D eigenvalue weighted by molar-refractivity contribution is 0.146. The van der Waals surface area contributed by atoms with Crippen molar-refractivity contribution in [3.05, 3.63) is 54.0 Å². The van der Waals surface area contributed by atoms with Gasteiger partial charge in [-0.2, -0.15) is 5.10 Å². The molecule has 1 aromatic carbocycles. The standard InChI is InChI=1S/C24H24F2N6O/c25-24(26)18-6-3-5-17(29-18)23-22(20-7-4-11-32(20)31-23)15-8-9-16-19(13-15)30-21(14-28-16)33-12-2-1-10-27/h3,5-6,8-9,13-14,24H,1-2,4,7,10-12,27H2. The maximum absolute atomic E-state index is 13.3. The van der Waals surface area contributed by atoms with Crippen molar-refractivity contribution in [2.75, 3.05) is 13.2 Å². The highest BCUT2D eigenvalue weighted by Gasteiger charge is 2.25. The van der Waals surface area contributed by atoms with Crippen LogP contribution in [0.5, 0.6) is 5.88 Å². The Labute approximate surface area is 189 Å². The summed E-state index contributed by atoms with van der Waals surface area (Å²) in [6, 6.07) is 10.5. The average molecular weight is 450 g/mol. The highest BCUT2D eigenvalue weighted by molar-refractivity contribution is 5.87. The molecule has 2 N–H and O–H groups in total. The summed E-state index contributed by atoms with van der Waals surface area (Å²) in [6.45, 7) is 1.96. The Morgan fingerprint density at radius 2 is 2.00 bits per heavy atom. The van der Waals surface area contributed by atoms with Gasteiger partial charge in [0.2, 0.25) is 5.88 Å². The number of nitrogens with two attached hydrogens (primary N) is 1. The van der Waals surface area contributed by atoms with Gasteiger partial charge < -0.3 is 10.5 Å². The summed E-state index contributed by atoms with van der Waals surface area (Å²) in [6.07, 6.45) is 2.59. The molecule has 4 heterocycles. The molecule has 4 aromatic rings. The summed E-state index contributed by atoms with van der Waals surface area (Å²) in [7, 11) is 0. The van der Waals surface area contributed by atoms with Crippen LogP contribution >= 0.6 is 0 Å². The number of rotatable bonds is 8. The molecule has 5 rings (SSSR count). The van der Waals surface area contributed by atoms with Crippen molar-refractivity contribution < 1.29 is 13.5 Å². The van der Waals surface area contributed by atoms with Crippen LogP contribution in [-0.4, -0.2) is 37.9 Å². The lowest BCUT2D eigenvalue weighted by Crippen LogP contribution is -2.04. The van der Waals surface area contributed by atoms with Crippen molar-refractivity contribution in [3.63, 3.8) is 0 Å². The lowest BCUT2D eigenvalue weighted by Gasteiger charge is -2.09. The van der Waals surface area contributed by atoms with Gasteiger partial charge in [0, 0.05) is 17.8 Å². The van der Waals surface area contributed by atoms with E-state index < -0.39 is 6.43 Å². The van der Waals surface area contributed by atoms with Gasteiger partial charge in [0.25, 0.3) is 6.43 Å². The molecule has 0 saturated carbocycles. The van der Waals surface area contributed by atoms with Gasteiger partial charge in [-0.1, -0.05) is 12.1 Å². The van der Waals surface area contributed by atoms with Crippen molar-refractivity contribution in [1.82, 2.24) is 24.7 Å². The van der Waals surface area contributed by atoms with Gasteiger partial charge in [-0.05, 0) is 62.1 Å². The van der Waals surface area contributed by atoms with Gasteiger partial charge in [0.1, 0.15) is 11.4 Å². The molecule has 0 radical (unpaired) electrons. The van der Waals surface area contributed by atoms with Gasteiger partial charge >= 0.3 is 0 Å². The minimum atomic E-state index is -2.64. The third-order valence-electron chi connectivity index (χ3n) is 5.74. The van der Waals surface area contributed by atoms with Crippen LogP contribution in [0.1, 0.15) is 37.1 Å². The second kappa shape index (κ2) is 9.19. The molecule has 0 spiro atoms. The number of nitrogens with zero attached hydrogens (tertiary/aromatic N) is 5. The third kappa shape index (κ3) is 4.28. The Kier molecular flexibility index (Phi) is 5.95. The molecule has 0 atom stereocenters. The zero-order valence-corrected chi connectivity index (χ0v) is 18.0. The van der Waals surface area contributed by atoms with Crippen molar-refractivity contribution in [2.24, 2.45) is 5.73 Å². The first-order chi connectivity index (χ1) is 16.1. The molecular weight excluding hydrogens is 426 g/mol. The predicted molar refractivity (Wildman–Crippen MR) is 121 cm³/mol. The number of benzene rings is 1. The Morgan fingerprint density at radius 1 is 1.09 bits per heavy atom. The number of hydrogen-bond donors (Lipinski definition) is 1. The number of ether oxygens (including phenoxy) is 1. The van der Waals surface area contributed by atoms with Crippen LogP contribution in [0.4, 0.5) is 8.78 Å². The largest absolute Gasteiger partial charge is 0.477 e. The fraction of sp³-hybridized carbons (Fsp3) is 0.333. The number of unbranched alkanes of at least 4 members (excludes halogenated alkanes) is 1. The van der Waals surface area contributed by atoms with Crippen LogP contribution in [0.2, 0.25) is 0 Å². The van der Waals surface area contributed by atoms with Crippen molar-refractivity contribution in [1.29, 1.82) is 0 Å². The SMILES string of the molecule is NCCCCOc1cnc2ccc(-c3c(-c4cccc(C(F)F)n4)nn4c3CCC4)cc2n1. The van der Waals surface area contributed by atoms with E-state index in [-0.39, 0.29) is 5.69 Å². The number of hydrogen-bond acceptors (Lipinski definition) is 6. The first kappa shape index (κ1) is 21.4. The van der Waals surface area contributed by atoms with Crippen molar-refractivity contribution in [2.45, 2.75) is 38.7 Å². The molecule has 0 bridgehead atoms. The summed E-state index contributed by atoms with van der Waals surface area (Å²) >= 11 is 0. The molecule has 9 heteroatoms. The third-order valence-corrected chi connectivity index (χ3v) is 5.74. The number of aryl methyl sites for hydroxylation is 1. The summed E-state index contributed by atoms with van der Waals surface area (Å²) in [5.41, 5.74) is 10.6. The first-order valence-electron chi connectivity index (χ1n) is 11.1. The number of pyridine rings is 1. The number of aromatic nitrogens is 5. The fourth-order valence-electron chi connectivity index (χ4n) is 4.16. The molecule has 170 valence electrons. The van der Waals surface area contributed by atoms with E-state index in [4.69, 9.17) is 15.6 Å². The normalized spacial score (nSPS) is 13.1. The monoisotopic (exact) mass is 450 g/mol. The summed E-state index contributed by atoms with van der Waals surface area (Å²) in [5, 5.41) is 4.73. The molecule has 0 saturated heterocycles. The highest BCUT2D eigenvalue weighted by Crippen LogP contribution is 2.38. The van der Waals surface area contributed by atoms with Crippen LogP contribution < -0.4 is 10.5 Å². The van der Waals surface area contributed by atoms with E-state index in [1.807, 2.05) is 22.9 Å². The minimum absolute atomic E-state index is 0.257. The van der Waals surface area contributed by atoms with Crippen molar-refractivity contribution >= 4 is 11.0 Å². The van der Waals surface area contributed by atoms with E-state index in [0.29, 0.717) is 35.9 Å². The van der Waals surface area contributed by atoms with Crippen LogP contribution in [0.25, 0.3) is 33.5 Å². The van der Waals surface area contributed by atoms with Gasteiger partial charge in [-0.15, -0.1) is 0 Å². The molecule has 0 amide bonds. The lowest BCUT2D eigenvalue weighted by atomic mass is 9.99. The summed E-state index contributed by atoms with van der Waals surface area (Å²) in [5.74, 6) is 0.462.